The van der Waals surface area contributed by atoms with Gasteiger partial charge in [-0.15, -0.1) is 11.3 Å². The molecule has 4 rings (SSSR count). The van der Waals surface area contributed by atoms with Gasteiger partial charge in [0.2, 0.25) is 0 Å². The normalized spacial score (nSPS) is 13.3. The van der Waals surface area contributed by atoms with Crippen molar-refractivity contribution in [2.45, 2.75) is 19.3 Å². The van der Waals surface area contributed by atoms with Gasteiger partial charge in [0.05, 0.1) is 12.0 Å². The lowest BCUT2D eigenvalue weighted by molar-refractivity contribution is 0.100. The predicted octanol–water partition coefficient (Wildman–Crippen LogP) is 3.56. The highest BCUT2D eigenvalue weighted by Gasteiger charge is 2.22. The Balaban J connectivity index is 2.00. The summed E-state index contributed by atoms with van der Waals surface area (Å²) in [5, 5.41) is 1.02. The number of aromatic nitrogens is 1. The van der Waals surface area contributed by atoms with Gasteiger partial charge in [-0.3, -0.25) is 4.79 Å². The van der Waals surface area contributed by atoms with Crippen LogP contribution in [0.1, 0.15) is 27.3 Å². The molecule has 4 nitrogen and oxygen atoms in total. The first kappa shape index (κ1) is 14.2. The van der Waals surface area contributed by atoms with Crippen LogP contribution < -0.4 is 10.5 Å². The second-order valence-electron chi connectivity index (χ2n) is 5.69. The second-order valence-corrected chi connectivity index (χ2v) is 6.72. The number of carbonyl (C=O) groups is 1. The maximum absolute atomic E-state index is 11.5. The molecule has 0 bridgehead atoms. The van der Waals surface area contributed by atoms with Crippen LogP contribution in [-0.4, -0.2) is 18.0 Å². The number of rotatable bonds is 3. The van der Waals surface area contributed by atoms with Gasteiger partial charge >= 0.3 is 0 Å². The van der Waals surface area contributed by atoms with Crippen molar-refractivity contribution < 1.29 is 9.53 Å². The molecular weight excluding hydrogens is 308 g/mol. The van der Waals surface area contributed by atoms with Crippen molar-refractivity contribution in [3.63, 3.8) is 0 Å². The Morgan fingerprint density at radius 1 is 1.26 bits per heavy atom. The number of hydrogen-bond acceptors (Lipinski definition) is 4. The number of aryl methyl sites for hydroxylation is 1. The number of nitrogens with two attached hydrogens (primary N) is 1. The van der Waals surface area contributed by atoms with E-state index in [1.165, 1.54) is 22.5 Å². The largest absolute Gasteiger partial charge is 0.497 e. The van der Waals surface area contributed by atoms with E-state index in [0.717, 1.165) is 46.5 Å². The minimum absolute atomic E-state index is 0.395. The molecule has 1 amide bonds. The summed E-state index contributed by atoms with van der Waals surface area (Å²) in [6, 6.07) is 9.93. The standard InChI is InChI=1S/C18H16N2O2S/c1-22-11-7-5-10(6-8-11)16-12-3-2-4-14(12)20-18-13(16)9-15(23-18)17(19)21/h5-9H,2-4H2,1H3,(H2,19,21). The van der Waals surface area contributed by atoms with Crippen molar-refractivity contribution in [3.05, 3.63) is 46.5 Å². The molecule has 0 unspecified atom stereocenters. The maximum atomic E-state index is 11.5. The van der Waals surface area contributed by atoms with Crippen LogP contribution in [0.15, 0.2) is 30.3 Å². The topological polar surface area (TPSA) is 65.2 Å². The van der Waals surface area contributed by atoms with E-state index < -0.39 is 5.91 Å². The van der Waals surface area contributed by atoms with Gasteiger partial charge in [-0.05, 0) is 54.2 Å². The van der Waals surface area contributed by atoms with Crippen molar-refractivity contribution >= 4 is 27.5 Å². The molecule has 0 radical (unpaired) electrons. The van der Waals surface area contributed by atoms with Gasteiger partial charge in [0.15, 0.2) is 0 Å². The predicted molar refractivity (Wildman–Crippen MR) is 92.2 cm³/mol. The number of benzene rings is 1. The highest BCUT2D eigenvalue weighted by Crippen LogP contribution is 2.40. The molecule has 2 N–H and O–H groups in total. The first-order chi connectivity index (χ1) is 11.2. The lowest BCUT2D eigenvalue weighted by Crippen LogP contribution is -2.08. The summed E-state index contributed by atoms with van der Waals surface area (Å²) in [6.07, 6.45) is 3.16. The van der Waals surface area contributed by atoms with Crippen molar-refractivity contribution in [2.24, 2.45) is 5.73 Å². The highest BCUT2D eigenvalue weighted by molar-refractivity contribution is 7.20. The van der Waals surface area contributed by atoms with Gasteiger partial charge in [0, 0.05) is 11.1 Å². The van der Waals surface area contributed by atoms with Crippen molar-refractivity contribution in [3.8, 4) is 16.9 Å². The van der Waals surface area contributed by atoms with Crippen LogP contribution in [0.2, 0.25) is 0 Å². The number of carbonyl (C=O) groups excluding carboxylic acids is 1. The zero-order chi connectivity index (χ0) is 16.0. The summed E-state index contributed by atoms with van der Waals surface area (Å²) in [6.45, 7) is 0. The number of fused-ring (bicyclic) bond motifs is 2. The summed E-state index contributed by atoms with van der Waals surface area (Å²) in [4.78, 5) is 17.8. The van der Waals surface area contributed by atoms with Gasteiger partial charge < -0.3 is 10.5 Å². The third kappa shape index (κ3) is 2.28. The molecule has 0 saturated heterocycles. The van der Waals surface area contributed by atoms with E-state index in [2.05, 4.69) is 12.1 Å². The van der Waals surface area contributed by atoms with Crippen molar-refractivity contribution in [1.29, 1.82) is 0 Å². The molecule has 0 fully saturated rings. The Labute approximate surface area is 137 Å². The van der Waals surface area contributed by atoms with E-state index in [0.29, 0.717) is 4.88 Å². The van der Waals surface area contributed by atoms with Crippen LogP contribution in [0.4, 0.5) is 0 Å². The Hall–Kier alpha value is -2.40. The van der Waals surface area contributed by atoms with E-state index in [1.807, 2.05) is 18.2 Å². The molecule has 0 spiro atoms. The lowest BCUT2D eigenvalue weighted by atomic mass is 9.96. The molecular formula is C18H16N2O2S. The van der Waals surface area contributed by atoms with Crippen LogP contribution in [0, 0.1) is 0 Å². The summed E-state index contributed by atoms with van der Waals surface area (Å²) < 4.78 is 5.25. The molecule has 1 aromatic carbocycles. The quantitative estimate of drug-likeness (QED) is 0.801. The minimum Gasteiger partial charge on any atom is -0.497 e. The average Bonchev–Trinajstić information content (AvgIpc) is 3.18. The second kappa shape index (κ2) is 5.35. The fraction of sp³-hybridized carbons (Fsp3) is 0.222. The van der Waals surface area contributed by atoms with E-state index in [-0.39, 0.29) is 0 Å². The monoisotopic (exact) mass is 324 g/mol. The first-order valence-electron chi connectivity index (χ1n) is 7.57. The van der Waals surface area contributed by atoms with Gasteiger partial charge in [0.1, 0.15) is 10.6 Å². The van der Waals surface area contributed by atoms with E-state index >= 15 is 0 Å². The van der Waals surface area contributed by atoms with Crippen molar-refractivity contribution in [1.82, 2.24) is 4.98 Å². The molecule has 23 heavy (non-hydrogen) atoms. The van der Waals surface area contributed by atoms with Gasteiger partial charge in [-0.1, -0.05) is 12.1 Å². The molecule has 116 valence electrons. The molecule has 2 heterocycles. The third-order valence-corrected chi connectivity index (χ3v) is 5.37. The molecule has 3 aromatic rings. The molecule has 0 atom stereocenters. The SMILES string of the molecule is COc1ccc(-c2c3c(nc4sc(C(N)=O)cc24)CCC3)cc1. The maximum Gasteiger partial charge on any atom is 0.258 e. The molecule has 0 aliphatic heterocycles. The van der Waals surface area contributed by atoms with Crippen LogP contribution in [0.25, 0.3) is 21.3 Å². The number of methoxy groups -OCH3 is 1. The Kier molecular flexibility index (Phi) is 3.31. The van der Waals surface area contributed by atoms with Crippen LogP contribution >= 0.6 is 11.3 Å². The van der Waals surface area contributed by atoms with E-state index in [9.17, 15) is 4.79 Å². The zero-order valence-electron chi connectivity index (χ0n) is 12.8. The third-order valence-electron chi connectivity index (χ3n) is 4.33. The van der Waals surface area contributed by atoms with Crippen LogP contribution in [0.5, 0.6) is 5.75 Å². The van der Waals surface area contributed by atoms with E-state index in [4.69, 9.17) is 15.5 Å². The number of hydrogen-bond donors (Lipinski definition) is 1. The number of pyridine rings is 1. The van der Waals surface area contributed by atoms with Crippen LogP contribution in [0.3, 0.4) is 0 Å². The summed E-state index contributed by atoms with van der Waals surface area (Å²) in [5.41, 5.74) is 10.2. The average molecular weight is 324 g/mol. The Morgan fingerprint density at radius 3 is 2.74 bits per heavy atom. The van der Waals surface area contributed by atoms with Gasteiger partial charge in [0.25, 0.3) is 5.91 Å². The van der Waals surface area contributed by atoms with E-state index in [1.54, 1.807) is 7.11 Å². The molecule has 0 saturated carbocycles. The summed E-state index contributed by atoms with van der Waals surface area (Å²) in [7, 11) is 1.66. The smallest absolute Gasteiger partial charge is 0.258 e. The molecule has 1 aliphatic carbocycles. The molecule has 5 heteroatoms. The number of ether oxygens (including phenoxy) is 1. The minimum atomic E-state index is -0.395. The summed E-state index contributed by atoms with van der Waals surface area (Å²) >= 11 is 1.38. The lowest BCUT2D eigenvalue weighted by Gasteiger charge is -2.11. The van der Waals surface area contributed by atoms with Gasteiger partial charge in [-0.2, -0.15) is 0 Å². The number of nitrogens with zero attached hydrogens (tertiary/aromatic N) is 1. The first-order valence-corrected chi connectivity index (χ1v) is 8.38. The molecule has 1 aliphatic rings. The Morgan fingerprint density at radius 2 is 2.04 bits per heavy atom. The van der Waals surface area contributed by atoms with Crippen molar-refractivity contribution in [2.75, 3.05) is 7.11 Å². The summed E-state index contributed by atoms with van der Waals surface area (Å²) in [5.74, 6) is 0.438. The van der Waals surface area contributed by atoms with Gasteiger partial charge in [-0.25, -0.2) is 4.98 Å². The number of thiophene rings is 1. The fourth-order valence-corrected chi connectivity index (χ4v) is 4.17. The highest BCUT2D eigenvalue weighted by atomic mass is 32.1. The zero-order valence-corrected chi connectivity index (χ0v) is 13.6. The van der Waals surface area contributed by atoms with Crippen LogP contribution in [-0.2, 0) is 12.8 Å². The number of primary amides is 1. The fourth-order valence-electron chi connectivity index (χ4n) is 3.26. The number of amides is 1. The Bertz CT molecular complexity index is 913. The molecule has 2 aromatic heterocycles.